The number of hydrogen-bond acceptors (Lipinski definition) is 6. The molecule has 2 aliphatic heterocycles. The van der Waals surface area contributed by atoms with Crippen LogP contribution in [0.1, 0.15) is 31.4 Å². The van der Waals surface area contributed by atoms with Crippen molar-refractivity contribution in [2.45, 2.75) is 31.6 Å². The summed E-state index contributed by atoms with van der Waals surface area (Å²) in [4.78, 5) is 15.9. The molecule has 1 aromatic heterocycles. The van der Waals surface area contributed by atoms with Gasteiger partial charge in [0.05, 0.1) is 15.5 Å². The van der Waals surface area contributed by atoms with Gasteiger partial charge in [0.15, 0.2) is 0 Å². The molecular weight excluding hydrogens is 609 g/mol. The van der Waals surface area contributed by atoms with Crippen LogP contribution in [0.25, 0.3) is 23.0 Å². The van der Waals surface area contributed by atoms with Crippen LogP contribution in [0.3, 0.4) is 0 Å². The SMILES string of the molecule is CC1CC(C)CN(S(=O)(=O)c2cccc(-c3nn(-c4ccccc4)cc3/C=C3\SC(=S)N(CCc4ccccc4)C3=O)c2)C1. The van der Waals surface area contributed by atoms with E-state index in [0.29, 0.717) is 63.9 Å². The summed E-state index contributed by atoms with van der Waals surface area (Å²) in [5.74, 6) is 0.464. The zero-order valence-corrected chi connectivity index (χ0v) is 27.1. The van der Waals surface area contributed by atoms with Crippen LogP contribution in [0, 0.1) is 11.8 Å². The van der Waals surface area contributed by atoms with Crippen LogP contribution in [0.5, 0.6) is 0 Å². The van der Waals surface area contributed by atoms with Crippen molar-refractivity contribution in [3.8, 4) is 16.9 Å². The highest BCUT2D eigenvalue weighted by molar-refractivity contribution is 8.26. The van der Waals surface area contributed by atoms with E-state index in [0.717, 1.165) is 17.7 Å². The normalized spacial score (nSPS) is 20.5. The smallest absolute Gasteiger partial charge is 0.266 e. The van der Waals surface area contributed by atoms with Gasteiger partial charge in [-0.1, -0.05) is 98.5 Å². The number of piperidine rings is 1. The zero-order chi connectivity index (χ0) is 30.8. The number of nitrogens with zero attached hydrogens (tertiary/aromatic N) is 4. The Kier molecular flexibility index (Phi) is 8.87. The lowest BCUT2D eigenvalue weighted by atomic mass is 9.94. The topological polar surface area (TPSA) is 75.5 Å². The van der Waals surface area contributed by atoms with E-state index in [1.54, 1.807) is 32.1 Å². The molecule has 0 aliphatic carbocycles. The molecule has 0 bridgehead atoms. The van der Waals surface area contributed by atoms with Crippen molar-refractivity contribution in [1.82, 2.24) is 19.0 Å². The third-order valence-corrected chi connectivity index (χ3v) is 11.2. The minimum Gasteiger partial charge on any atom is -0.293 e. The van der Waals surface area contributed by atoms with E-state index in [4.69, 9.17) is 17.3 Å². The molecule has 0 saturated carbocycles. The second-order valence-corrected chi connectivity index (χ2v) is 15.2. The van der Waals surface area contributed by atoms with Crippen LogP contribution in [0.4, 0.5) is 0 Å². The number of rotatable bonds is 8. The molecule has 3 aromatic carbocycles. The minimum absolute atomic E-state index is 0.140. The fourth-order valence-electron chi connectivity index (χ4n) is 5.90. The van der Waals surface area contributed by atoms with Crippen LogP contribution >= 0.6 is 24.0 Å². The summed E-state index contributed by atoms with van der Waals surface area (Å²) in [6.45, 7) is 5.71. The first-order chi connectivity index (χ1) is 21.2. The molecule has 2 atom stereocenters. The number of thioether (sulfide) groups is 1. The van der Waals surface area contributed by atoms with Crippen molar-refractivity contribution in [3.05, 3.63) is 107 Å². The van der Waals surface area contributed by atoms with Crippen LogP contribution in [0.2, 0.25) is 0 Å². The molecule has 0 N–H and O–H groups in total. The van der Waals surface area contributed by atoms with Crippen LogP contribution in [0.15, 0.2) is 101 Å². The van der Waals surface area contributed by atoms with Crippen molar-refractivity contribution in [1.29, 1.82) is 0 Å². The summed E-state index contributed by atoms with van der Waals surface area (Å²) in [7, 11) is -3.69. The number of carbonyl (C=O) groups excluding carboxylic acids is 1. The molecule has 3 heterocycles. The number of thiocarbonyl (C=S) groups is 1. The molecule has 0 spiro atoms. The predicted octanol–water partition coefficient (Wildman–Crippen LogP) is 6.65. The molecule has 1 amide bonds. The van der Waals surface area contributed by atoms with Crippen LogP contribution in [-0.4, -0.2) is 57.3 Å². The Morgan fingerprint density at radius 2 is 1.64 bits per heavy atom. The number of para-hydroxylation sites is 1. The average molecular weight is 643 g/mol. The minimum atomic E-state index is -3.69. The van der Waals surface area contributed by atoms with Gasteiger partial charge < -0.3 is 0 Å². The Labute approximate surface area is 268 Å². The fraction of sp³-hybridized carbons (Fsp3) is 0.265. The van der Waals surface area contributed by atoms with Crippen molar-refractivity contribution in [2.24, 2.45) is 11.8 Å². The van der Waals surface area contributed by atoms with Crippen molar-refractivity contribution in [3.63, 3.8) is 0 Å². The molecule has 44 heavy (non-hydrogen) atoms. The molecule has 2 saturated heterocycles. The Hall–Kier alpha value is -3.57. The highest BCUT2D eigenvalue weighted by atomic mass is 32.2. The van der Waals surface area contributed by atoms with Gasteiger partial charge in [-0.2, -0.15) is 9.40 Å². The summed E-state index contributed by atoms with van der Waals surface area (Å²) >= 11 is 6.88. The predicted molar refractivity (Wildman–Crippen MR) is 181 cm³/mol. The summed E-state index contributed by atoms with van der Waals surface area (Å²) in [5.41, 5.74) is 3.93. The molecule has 6 rings (SSSR count). The van der Waals surface area contributed by atoms with E-state index >= 15 is 0 Å². The Balaban J connectivity index is 1.35. The number of benzene rings is 3. The molecule has 0 radical (unpaired) electrons. The van der Waals surface area contributed by atoms with Gasteiger partial charge >= 0.3 is 0 Å². The number of amides is 1. The summed E-state index contributed by atoms with van der Waals surface area (Å²) in [6.07, 6.45) is 5.41. The van der Waals surface area contributed by atoms with E-state index in [1.165, 1.54) is 11.8 Å². The summed E-state index contributed by atoms with van der Waals surface area (Å²) in [6, 6.07) is 26.7. The quantitative estimate of drug-likeness (QED) is 0.158. The summed E-state index contributed by atoms with van der Waals surface area (Å²) < 4.78 is 31.4. The number of hydrogen-bond donors (Lipinski definition) is 0. The Morgan fingerprint density at radius 3 is 2.34 bits per heavy atom. The van der Waals surface area contributed by atoms with Crippen molar-refractivity contribution < 1.29 is 13.2 Å². The first-order valence-corrected chi connectivity index (χ1v) is 17.4. The van der Waals surface area contributed by atoms with Gasteiger partial charge in [-0.25, -0.2) is 13.1 Å². The maximum atomic E-state index is 13.8. The van der Waals surface area contributed by atoms with Crippen LogP contribution in [-0.2, 0) is 21.2 Å². The monoisotopic (exact) mass is 642 g/mol. The molecule has 2 unspecified atom stereocenters. The van der Waals surface area contributed by atoms with Gasteiger partial charge in [-0.05, 0) is 60.6 Å². The second-order valence-electron chi connectivity index (χ2n) is 11.6. The molecule has 226 valence electrons. The summed E-state index contributed by atoms with van der Waals surface area (Å²) in [5, 5.41) is 4.89. The van der Waals surface area contributed by atoms with Gasteiger partial charge in [-0.15, -0.1) is 0 Å². The lowest BCUT2D eigenvalue weighted by Crippen LogP contribution is -2.42. The largest absolute Gasteiger partial charge is 0.293 e. The van der Waals surface area contributed by atoms with Crippen molar-refractivity contribution >= 4 is 50.3 Å². The third kappa shape index (κ3) is 6.44. The lowest BCUT2D eigenvalue weighted by molar-refractivity contribution is -0.122. The van der Waals surface area contributed by atoms with Gasteiger partial charge in [0.25, 0.3) is 5.91 Å². The number of carbonyl (C=O) groups is 1. The first kappa shape index (κ1) is 30.5. The maximum absolute atomic E-state index is 13.8. The van der Waals surface area contributed by atoms with E-state index < -0.39 is 10.0 Å². The highest BCUT2D eigenvalue weighted by Gasteiger charge is 2.33. The maximum Gasteiger partial charge on any atom is 0.266 e. The standard InChI is InChI=1S/C34H34N4O3S3/c1-24-18-25(2)22-36(21-24)44(40,41)30-15-9-12-27(19-30)32-28(23-38(35-32)29-13-7-4-8-14-29)20-31-33(39)37(34(42)43-31)17-16-26-10-5-3-6-11-26/h3-15,19-20,23-25H,16-18,21-22H2,1-2H3/b31-20-. The van der Waals surface area contributed by atoms with E-state index in [2.05, 4.69) is 13.8 Å². The van der Waals surface area contributed by atoms with Gasteiger partial charge in [0, 0.05) is 37.0 Å². The molecule has 2 fully saturated rings. The molecule has 7 nitrogen and oxygen atoms in total. The Bertz CT molecular complexity index is 1810. The van der Waals surface area contributed by atoms with E-state index in [9.17, 15) is 13.2 Å². The average Bonchev–Trinajstić information content (AvgIpc) is 3.56. The highest BCUT2D eigenvalue weighted by Crippen LogP contribution is 2.36. The molecule has 2 aliphatic rings. The second kappa shape index (κ2) is 12.8. The molecular formula is C34H34N4O3S3. The first-order valence-electron chi connectivity index (χ1n) is 14.7. The lowest BCUT2D eigenvalue weighted by Gasteiger charge is -2.34. The van der Waals surface area contributed by atoms with Gasteiger partial charge in [0.2, 0.25) is 10.0 Å². The number of aromatic nitrogens is 2. The van der Waals surface area contributed by atoms with Crippen LogP contribution < -0.4 is 0 Å². The van der Waals surface area contributed by atoms with E-state index in [-0.39, 0.29) is 10.8 Å². The third-order valence-electron chi connectivity index (χ3n) is 7.97. The Morgan fingerprint density at radius 1 is 0.955 bits per heavy atom. The fourth-order valence-corrected chi connectivity index (χ4v) is 8.93. The molecule has 10 heteroatoms. The zero-order valence-electron chi connectivity index (χ0n) is 24.7. The molecule has 4 aromatic rings. The number of sulfonamides is 1. The van der Waals surface area contributed by atoms with Gasteiger partial charge in [-0.3, -0.25) is 9.69 Å². The van der Waals surface area contributed by atoms with Gasteiger partial charge in [0.1, 0.15) is 10.0 Å². The van der Waals surface area contributed by atoms with Crippen molar-refractivity contribution in [2.75, 3.05) is 19.6 Å². The van der Waals surface area contributed by atoms with E-state index in [1.807, 2.05) is 79.0 Å².